The number of rotatable bonds is 6. The Kier molecular flexibility index (Phi) is 6.50. The van der Waals surface area contributed by atoms with Gasteiger partial charge in [0, 0.05) is 10.7 Å². The number of likely N-dealkylation sites (N-methyl/N-ethyl adjacent to an activating group) is 1. The normalized spacial score (nSPS) is 11.9. The number of nitrogens with one attached hydrogen (secondary N) is 2. The summed E-state index contributed by atoms with van der Waals surface area (Å²) in [7, 11) is 1.65. The van der Waals surface area contributed by atoms with Crippen LogP contribution in [0.2, 0.25) is 5.02 Å². The van der Waals surface area contributed by atoms with Crippen molar-refractivity contribution in [3.05, 3.63) is 59.4 Å². The molecule has 2 rings (SSSR count). The molecule has 0 saturated carbocycles. The van der Waals surface area contributed by atoms with Crippen molar-refractivity contribution in [2.75, 3.05) is 24.2 Å². The van der Waals surface area contributed by atoms with Gasteiger partial charge in [-0.1, -0.05) is 23.7 Å². The van der Waals surface area contributed by atoms with Crippen molar-refractivity contribution in [3.8, 4) is 0 Å². The topological polar surface area (TPSA) is 61.4 Å². The van der Waals surface area contributed by atoms with Gasteiger partial charge in [0.25, 0.3) is 0 Å². The molecule has 132 valence electrons. The lowest BCUT2D eigenvalue weighted by Gasteiger charge is -2.23. The summed E-state index contributed by atoms with van der Waals surface area (Å²) in [5, 5.41) is 5.82. The van der Waals surface area contributed by atoms with E-state index in [1.807, 2.05) is 0 Å². The fraction of sp³-hybridized carbons (Fsp3) is 0.222. The van der Waals surface area contributed by atoms with Gasteiger partial charge in [0.15, 0.2) is 0 Å². The third kappa shape index (κ3) is 5.55. The molecule has 0 aliphatic heterocycles. The van der Waals surface area contributed by atoms with E-state index in [4.69, 9.17) is 11.6 Å². The van der Waals surface area contributed by atoms with Crippen molar-refractivity contribution in [1.82, 2.24) is 4.90 Å². The first-order chi connectivity index (χ1) is 11.9. The maximum absolute atomic E-state index is 13.6. The molecule has 0 bridgehead atoms. The lowest BCUT2D eigenvalue weighted by atomic mass is 10.2. The number of para-hydroxylation sites is 1. The Morgan fingerprint density at radius 2 is 1.76 bits per heavy atom. The number of carbonyl (C=O) groups is 2. The number of hydrogen-bond donors (Lipinski definition) is 2. The van der Waals surface area contributed by atoms with Crippen LogP contribution in [0, 0.1) is 5.82 Å². The van der Waals surface area contributed by atoms with E-state index < -0.39 is 17.8 Å². The molecule has 0 heterocycles. The van der Waals surface area contributed by atoms with E-state index >= 15 is 0 Å². The summed E-state index contributed by atoms with van der Waals surface area (Å²) in [6, 6.07) is 12.0. The van der Waals surface area contributed by atoms with Crippen molar-refractivity contribution in [3.63, 3.8) is 0 Å². The van der Waals surface area contributed by atoms with Gasteiger partial charge in [0.05, 0.1) is 18.3 Å². The molecule has 0 unspecified atom stereocenters. The number of halogens is 2. The highest BCUT2D eigenvalue weighted by Gasteiger charge is 2.21. The summed E-state index contributed by atoms with van der Waals surface area (Å²) in [6.45, 7) is 1.65. The monoisotopic (exact) mass is 363 g/mol. The number of hydrogen-bond acceptors (Lipinski definition) is 3. The first-order valence-electron chi connectivity index (χ1n) is 7.68. The Labute approximate surface area is 150 Å². The third-order valence-corrected chi connectivity index (χ3v) is 3.95. The summed E-state index contributed by atoms with van der Waals surface area (Å²) in [5.74, 6) is -1.17. The number of nitrogens with zero attached hydrogens (tertiary/aromatic N) is 1. The average molecular weight is 364 g/mol. The van der Waals surface area contributed by atoms with E-state index in [-0.39, 0.29) is 18.1 Å². The van der Waals surface area contributed by atoms with Crippen LogP contribution in [0.5, 0.6) is 0 Å². The maximum atomic E-state index is 13.6. The predicted octanol–water partition coefficient (Wildman–Crippen LogP) is 3.38. The largest absolute Gasteiger partial charge is 0.325 e. The molecule has 2 aromatic rings. The average Bonchev–Trinajstić information content (AvgIpc) is 2.58. The maximum Gasteiger partial charge on any atom is 0.241 e. The second-order valence-electron chi connectivity index (χ2n) is 5.62. The molecule has 2 aromatic carbocycles. The molecule has 25 heavy (non-hydrogen) atoms. The van der Waals surface area contributed by atoms with Crippen LogP contribution in [0.25, 0.3) is 0 Å². The number of carbonyl (C=O) groups excluding carboxylic acids is 2. The molecule has 0 saturated heterocycles. The molecule has 2 N–H and O–H groups in total. The Hall–Kier alpha value is -2.44. The van der Waals surface area contributed by atoms with Crippen molar-refractivity contribution in [1.29, 1.82) is 0 Å². The van der Waals surface area contributed by atoms with Crippen molar-refractivity contribution < 1.29 is 14.0 Å². The summed E-state index contributed by atoms with van der Waals surface area (Å²) in [4.78, 5) is 25.9. The Morgan fingerprint density at radius 3 is 2.40 bits per heavy atom. The zero-order chi connectivity index (χ0) is 18.4. The van der Waals surface area contributed by atoms with E-state index in [1.54, 1.807) is 55.3 Å². The van der Waals surface area contributed by atoms with Gasteiger partial charge in [-0.2, -0.15) is 0 Å². The van der Waals surface area contributed by atoms with Gasteiger partial charge >= 0.3 is 0 Å². The molecular formula is C18H19ClFN3O2. The molecular weight excluding hydrogens is 345 g/mol. The molecule has 0 aromatic heterocycles. The summed E-state index contributed by atoms with van der Waals surface area (Å²) in [5.41, 5.74) is 0.727. The second-order valence-corrected chi connectivity index (χ2v) is 6.05. The predicted molar refractivity (Wildman–Crippen MR) is 97.2 cm³/mol. The standard InChI is InChI=1S/C18H19ClFN3O2/c1-12(18(25)22-16-6-4-3-5-15(16)20)23(2)11-17(24)21-14-9-7-13(19)8-10-14/h3-10,12H,11H2,1-2H3,(H,21,24)(H,22,25)/t12-/m0/s1. The summed E-state index contributed by atoms with van der Waals surface area (Å²) in [6.07, 6.45) is 0. The van der Waals surface area contributed by atoms with E-state index in [0.717, 1.165) is 0 Å². The van der Waals surface area contributed by atoms with Crippen molar-refractivity contribution in [2.24, 2.45) is 0 Å². The number of benzene rings is 2. The van der Waals surface area contributed by atoms with Gasteiger partial charge in [0.2, 0.25) is 11.8 Å². The Bertz CT molecular complexity index is 752. The van der Waals surface area contributed by atoms with Gasteiger partial charge in [-0.05, 0) is 50.4 Å². The lowest BCUT2D eigenvalue weighted by molar-refractivity contribution is -0.122. The van der Waals surface area contributed by atoms with E-state index in [9.17, 15) is 14.0 Å². The summed E-state index contributed by atoms with van der Waals surface area (Å²) >= 11 is 5.79. The molecule has 0 fully saturated rings. The zero-order valence-electron chi connectivity index (χ0n) is 13.9. The fourth-order valence-corrected chi connectivity index (χ4v) is 2.22. The van der Waals surface area contributed by atoms with Crippen LogP contribution in [-0.4, -0.2) is 36.3 Å². The molecule has 0 radical (unpaired) electrons. The van der Waals surface area contributed by atoms with Gasteiger partial charge in [0.1, 0.15) is 5.82 Å². The SMILES string of the molecule is C[C@@H](C(=O)Nc1ccccc1F)N(C)CC(=O)Nc1ccc(Cl)cc1. The van der Waals surface area contributed by atoms with E-state index in [0.29, 0.717) is 10.7 Å². The Morgan fingerprint density at radius 1 is 1.12 bits per heavy atom. The molecule has 0 spiro atoms. The molecule has 2 amide bonds. The highest BCUT2D eigenvalue weighted by molar-refractivity contribution is 6.30. The molecule has 7 heteroatoms. The molecule has 1 atom stereocenters. The first kappa shape index (κ1) is 18.9. The van der Waals surface area contributed by atoms with E-state index in [2.05, 4.69) is 10.6 Å². The molecule has 0 aliphatic carbocycles. The minimum absolute atomic E-state index is 0.00842. The van der Waals surface area contributed by atoms with Crippen LogP contribution in [0.15, 0.2) is 48.5 Å². The molecule has 5 nitrogen and oxygen atoms in total. The van der Waals surface area contributed by atoms with Gasteiger partial charge < -0.3 is 10.6 Å². The van der Waals surface area contributed by atoms with E-state index in [1.165, 1.54) is 12.1 Å². The van der Waals surface area contributed by atoms with Crippen LogP contribution < -0.4 is 10.6 Å². The van der Waals surface area contributed by atoms with Crippen LogP contribution >= 0.6 is 11.6 Å². The highest BCUT2D eigenvalue weighted by atomic mass is 35.5. The third-order valence-electron chi connectivity index (χ3n) is 3.69. The van der Waals surface area contributed by atoms with Gasteiger partial charge in [-0.3, -0.25) is 14.5 Å². The van der Waals surface area contributed by atoms with Crippen LogP contribution in [0.3, 0.4) is 0 Å². The smallest absolute Gasteiger partial charge is 0.241 e. The van der Waals surface area contributed by atoms with Gasteiger partial charge in [-0.25, -0.2) is 4.39 Å². The first-order valence-corrected chi connectivity index (χ1v) is 8.05. The lowest BCUT2D eigenvalue weighted by Crippen LogP contribution is -2.43. The fourth-order valence-electron chi connectivity index (χ4n) is 2.10. The van der Waals surface area contributed by atoms with Crippen molar-refractivity contribution >= 4 is 34.8 Å². The second kappa shape index (κ2) is 8.60. The van der Waals surface area contributed by atoms with Crippen molar-refractivity contribution in [2.45, 2.75) is 13.0 Å². The van der Waals surface area contributed by atoms with Crippen LogP contribution in [-0.2, 0) is 9.59 Å². The number of anilines is 2. The summed E-state index contributed by atoms with van der Waals surface area (Å²) < 4.78 is 13.6. The minimum Gasteiger partial charge on any atom is -0.325 e. The van der Waals surface area contributed by atoms with Gasteiger partial charge in [-0.15, -0.1) is 0 Å². The van der Waals surface area contributed by atoms with Crippen LogP contribution in [0.4, 0.5) is 15.8 Å². The highest BCUT2D eigenvalue weighted by Crippen LogP contribution is 2.14. The Balaban J connectivity index is 1.89. The minimum atomic E-state index is -0.615. The number of amides is 2. The quantitative estimate of drug-likeness (QED) is 0.827. The van der Waals surface area contributed by atoms with Crippen LogP contribution in [0.1, 0.15) is 6.92 Å². The zero-order valence-corrected chi connectivity index (χ0v) is 14.7. The molecule has 0 aliphatic rings.